The van der Waals surface area contributed by atoms with Crippen molar-refractivity contribution in [1.29, 1.82) is 0 Å². The van der Waals surface area contributed by atoms with E-state index in [4.69, 9.17) is 15.0 Å². The molecule has 0 aliphatic rings. The molecule has 0 atom stereocenters. The largest absolute Gasteiger partial charge is 0.309 e. The molecule has 0 spiro atoms. The van der Waals surface area contributed by atoms with Crippen molar-refractivity contribution in [2.45, 2.75) is 0 Å². The van der Waals surface area contributed by atoms with Crippen molar-refractivity contribution >= 4 is 21.8 Å². The van der Waals surface area contributed by atoms with E-state index in [1.165, 1.54) is 27.5 Å². The maximum absolute atomic E-state index is 5.26. The number of hydrogen-bond donors (Lipinski definition) is 0. The molecule has 55 heavy (non-hydrogen) atoms. The second-order valence-corrected chi connectivity index (χ2v) is 13.7. The minimum absolute atomic E-state index is 0.618. The van der Waals surface area contributed by atoms with Crippen LogP contribution < -0.4 is 0 Å². The van der Waals surface area contributed by atoms with E-state index >= 15 is 0 Å². The average Bonchev–Trinajstić information content (AvgIpc) is 3.60. The van der Waals surface area contributed by atoms with Crippen molar-refractivity contribution in [3.8, 4) is 73.2 Å². The van der Waals surface area contributed by atoms with E-state index in [0.29, 0.717) is 17.5 Å². The highest BCUT2D eigenvalue weighted by Gasteiger charge is 2.21. The molecule has 8 aromatic carbocycles. The van der Waals surface area contributed by atoms with E-state index in [9.17, 15) is 0 Å². The minimum Gasteiger partial charge on any atom is -0.309 e. The van der Waals surface area contributed by atoms with Crippen molar-refractivity contribution in [3.63, 3.8) is 0 Å². The van der Waals surface area contributed by atoms with Gasteiger partial charge in [0, 0.05) is 33.2 Å². The molecule has 2 aromatic heterocycles. The van der Waals surface area contributed by atoms with Gasteiger partial charge in [-0.2, -0.15) is 0 Å². The molecule has 0 N–H and O–H groups in total. The number of fused-ring (bicyclic) bond motifs is 3. The fraction of sp³-hybridized carbons (Fsp3) is 0. The SMILES string of the molecule is c1ccc(-c2ccc(-c3nc(-c4ccccc4)nc(-c4cc5c(cc4-c4ccccc4)c4ccccc4n5-c4ccc(-c5ccccc5)cc4)n3)cc2)cc1. The Bertz CT molecular complexity index is 2920. The molecule has 0 aliphatic heterocycles. The summed E-state index contributed by atoms with van der Waals surface area (Å²) in [7, 11) is 0. The summed E-state index contributed by atoms with van der Waals surface area (Å²) in [5.41, 5.74) is 12.9. The average molecular weight is 703 g/mol. The van der Waals surface area contributed by atoms with E-state index in [1.54, 1.807) is 0 Å². The lowest BCUT2D eigenvalue weighted by Crippen LogP contribution is -2.02. The summed E-state index contributed by atoms with van der Waals surface area (Å²) in [5.74, 6) is 1.87. The van der Waals surface area contributed by atoms with Gasteiger partial charge < -0.3 is 4.57 Å². The quantitative estimate of drug-likeness (QED) is 0.166. The molecule has 0 amide bonds. The minimum atomic E-state index is 0.618. The summed E-state index contributed by atoms with van der Waals surface area (Å²) in [6, 6.07) is 72.2. The zero-order chi connectivity index (χ0) is 36.6. The molecule has 0 unspecified atom stereocenters. The number of hydrogen-bond acceptors (Lipinski definition) is 3. The number of para-hydroxylation sites is 1. The number of rotatable bonds is 7. The fourth-order valence-corrected chi connectivity index (χ4v) is 7.55. The molecule has 258 valence electrons. The maximum Gasteiger partial charge on any atom is 0.164 e. The third-order valence-electron chi connectivity index (χ3n) is 10.3. The number of aromatic nitrogens is 4. The van der Waals surface area contributed by atoms with E-state index < -0.39 is 0 Å². The molecule has 0 aliphatic carbocycles. The van der Waals surface area contributed by atoms with Crippen LogP contribution in [-0.2, 0) is 0 Å². The summed E-state index contributed by atoms with van der Waals surface area (Å²) < 4.78 is 2.36. The van der Waals surface area contributed by atoms with Gasteiger partial charge in [-0.3, -0.25) is 0 Å². The molecule has 0 saturated carbocycles. The second-order valence-electron chi connectivity index (χ2n) is 13.7. The first-order valence-electron chi connectivity index (χ1n) is 18.5. The Hall–Kier alpha value is -7.43. The van der Waals surface area contributed by atoms with Gasteiger partial charge in [-0.25, -0.2) is 15.0 Å². The first-order valence-corrected chi connectivity index (χ1v) is 18.5. The number of nitrogens with zero attached hydrogens (tertiary/aromatic N) is 4. The molecule has 4 heteroatoms. The highest BCUT2D eigenvalue weighted by molar-refractivity contribution is 6.12. The Labute approximate surface area is 319 Å². The molecule has 0 saturated heterocycles. The third-order valence-corrected chi connectivity index (χ3v) is 10.3. The first kappa shape index (κ1) is 32.2. The summed E-state index contributed by atoms with van der Waals surface area (Å²) >= 11 is 0. The van der Waals surface area contributed by atoms with Gasteiger partial charge in [0.1, 0.15) is 0 Å². The molecule has 10 rings (SSSR count). The zero-order valence-corrected chi connectivity index (χ0v) is 29.9. The van der Waals surface area contributed by atoms with Crippen molar-refractivity contribution < 1.29 is 0 Å². The van der Waals surface area contributed by atoms with Crippen LogP contribution in [0.1, 0.15) is 0 Å². The standard InChI is InChI=1S/C51H34N4/c1-5-15-35(16-6-1)37-25-27-41(28-26-37)50-52-49(40-21-11-4-12-22-40)53-51(54-50)46-34-48-45(33-44(46)39-19-9-3-10-20-39)43-23-13-14-24-47(43)55(48)42-31-29-38(30-32-42)36-17-7-2-8-18-36/h1-34H. The van der Waals surface area contributed by atoms with Gasteiger partial charge in [-0.1, -0.05) is 176 Å². The smallest absolute Gasteiger partial charge is 0.164 e. The fourth-order valence-electron chi connectivity index (χ4n) is 7.55. The predicted octanol–water partition coefficient (Wildman–Crippen LogP) is 13.0. The summed E-state index contributed by atoms with van der Waals surface area (Å²) in [6.45, 7) is 0. The molecule has 2 heterocycles. The van der Waals surface area contributed by atoms with Crippen molar-refractivity contribution in [3.05, 3.63) is 206 Å². The lowest BCUT2D eigenvalue weighted by Gasteiger charge is -2.14. The van der Waals surface area contributed by atoms with Gasteiger partial charge in [-0.15, -0.1) is 0 Å². The Kier molecular flexibility index (Phi) is 8.12. The molecule has 4 nitrogen and oxygen atoms in total. The van der Waals surface area contributed by atoms with Crippen LogP contribution in [0.25, 0.3) is 95.0 Å². The van der Waals surface area contributed by atoms with Gasteiger partial charge in [0.25, 0.3) is 0 Å². The van der Waals surface area contributed by atoms with Crippen LogP contribution in [0.4, 0.5) is 0 Å². The van der Waals surface area contributed by atoms with Crippen molar-refractivity contribution in [1.82, 2.24) is 19.5 Å². The van der Waals surface area contributed by atoms with E-state index in [1.807, 2.05) is 24.3 Å². The van der Waals surface area contributed by atoms with E-state index in [-0.39, 0.29) is 0 Å². The highest BCUT2D eigenvalue weighted by Crippen LogP contribution is 2.41. The summed E-state index contributed by atoms with van der Waals surface area (Å²) in [4.78, 5) is 15.6. The predicted molar refractivity (Wildman–Crippen MR) is 227 cm³/mol. The molecule has 0 fully saturated rings. The lowest BCUT2D eigenvalue weighted by atomic mass is 9.96. The molecular weight excluding hydrogens is 669 g/mol. The van der Waals surface area contributed by atoms with Gasteiger partial charge in [0.2, 0.25) is 0 Å². The van der Waals surface area contributed by atoms with Gasteiger partial charge in [-0.05, 0) is 63.7 Å². The zero-order valence-electron chi connectivity index (χ0n) is 29.9. The molecule has 10 aromatic rings. The molecular formula is C51H34N4. The normalized spacial score (nSPS) is 11.3. The third kappa shape index (κ3) is 6.06. The Morgan fingerprint density at radius 3 is 1.27 bits per heavy atom. The van der Waals surface area contributed by atoms with Crippen molar-refractivity contribution in [2.75, 3.05) is 0 Å². The Morgan fingerprint density at radius 2 is 0.691 bits per heavy atom. The summed E-state index contributed by atoms with van der Waals surface area (Å²) in [5, 5.41) is 2.35. The maximum atomic E-state index is 5.26. The van der Waals surface area contributed by atoms with Crippen LogP contribution in [0, 0.1) is 0 Å². The molecule has 0 bridgehead atoms. The summed E-state index contributed by atoms with van der Waals surface area (Å²) in [6.07, 6.45) is 0. The number of benzene rings is 8. The Morgan fingerprint density at radius 1 is 0.273 bits per heavy atom. The first-order chi connectivity index (χ1) is 27.3. The topological polar surface area (TPSA) is 43.6 Å². The lowest BCUT2D eigenvalue weighted by molar-refractivity contribution is 1.07. The van der Waals surface area contributed by atoms with E-state index in [0.717, 1.165) is 50.1 Å². The van der Waals surface area contributed by atoms with Crippen LogP contribution in [0.3, 0.4) is 0 Å². The van der Waals surface area contributed by atoms with Gasteiger partial charge >= 0.3 is 0 Å². The van der Waals surface area contributed by atoms with Crippen LogP contribution in [-0.4, -0.2) is 19.5 Å². The van der Waals surface area contributed by atoms with Crippen LogP contribution >= 0.6 is 0 Å². The van der Waals surface area contributed by atoms with Crippen LogP contribution in [0.5, 0.6) is 0 Å². The second kappa shape index (κ2) is 13.8. The van der Waals surface area contributed by atoms with Crippen LogP contribution in [0.2, 0.25) is 0 Å². The van der Waals surface area contributed by atoms with Gasteiger partial charge in [0.15, 0.2) is 17.5 Å². The van der Waals surface area contributed by atoms with Crippen molar-refractivity contribution in [2.24, 2.45) is 0 Å². The van der Waals surface area contributed by atoms with Crippen LogP contribution in [0.15, 0.2) is 206 Å². The molecule has 0 radical (unpaired) electrons. The monoisotopic (exact) mass is 702 g/mol. The highest BCUT2D eigenvalue weighted by atomic mass is 15.0. The Balaban J connectivity index is 1.21. The van der Waals surface area contributed by atoms with E-state index in [2.05, 4.69) is 187 Å². The van der Waals surface area contributed by atoms with Gasteiger partial charge in [0.05, 0.1) is 11.0 Å².